The minimum Gasteiger partial charge on any atom is -0.492 e. The molecule has 0 amide bonds. The second-order valence-corrected chi connectivity index (χ2v) is 6.90. The Morgan fingerprint density at radius 2 is 1.77 bits per heavy atom. The van der Waals surface area contributed by atoms with Crippen molar-refractivity contribution in [2.24, 2.45) is 0 Å². The van der Waals surface area contributed by atoms with E-state index in [-0.39, 0.29) is 0 Å². The first-order valence-electron chi connectivity index (χ1n) is 8.57. The molecule has 0 fully saturated rings. The molecule has 0 aliphatic heterocycles. The summed E-state index contributed by atoms with van der Waals surface area (Å²) in [5, 5.41) is 4.46. The normalized spacial score (nSPS) is 10.8. The lowest BCUT2D eigenvalue weighted by Crippen LogP contribution is -2.00. The van der Waals surface area contributed by atoms with Crippen LogP contribution in [0.3, 0.4) is 0 Å². The van der Waals surface area contributed by atoms with E-state index in [9.17, 15) is 0 Å². The molecule has 0 aliphatic rings. The molecule has 0 atom stereocenters. The van der Waals surface area contributed by atoms with Crippen LogP contribution in [0.2, 0.25) is 0 Å². The predicted molar refractivity (Wildman–Crippen MR) is 108 cm³/mol. The number of fused-ring (bicyclic) bond motifs is 1. The second-order valence-electron chi connectivity index (χ2n) is 5.87. The predicted octanol–water partition coefficient (Wildman–Crippen LogP) is 5.81. The van der Waals surface area contributed by atoms with Crippen LogP contribution in [0.5, 0.6) is 5.75 Å². The molecular formula is C21H19N3OS. The van der Waals surface area contributed by atoms with Gasteiger partial charge in [0.25, 0.3) is 0 Å². The van der Waals surface area contributed by atoms with E-state index < -0.39 is 0 Å². The van der Waals surface area contributed by atoms with Crippen LogP contribution >= 0.6 is 11.3 Å². The summed E-state index contributed by atoms with van der Waals surface area (Å²) in [4.78, 5) is 11.4. The van der Waals surface area contributed by atoms with Crippen molar-refractivity contribution >= 4 is 33.1 Å². The summed E-state index contributed by atoms with van der Waals surface area (Å²) in [5.41, 5.74) is 2.09. The van der Waals surface area contributed by atoms with Gasteiger partial charge in [0.15, 0.2) is 0 Å². The number of aryl methyl sites for hydroxylation is 1. The number of hydrogen-bond donors (Lipinski definition) is 1. The van der Waals surface area contributed by atoms with Crippen molar-refractivity contribution in [1.29, 1.82) is 0 Å². The smallest absolute Gasteiger partial charge is 0.143 e. The van der Waals surface area contributed by atoms with Gasteiger partial charge in [-0.3, -0.25) is 0 Å². The zero-order chi connectivity index (χ0) is 17.9. The highest BCUT2D eigenvalue weighted by Gasteiger charge is 2.13. The molecule has 4 aromatic rings. The Balaban J connectivity index is 1.79. The maximum absolute atomic E-state index is 5.72. The zero-order valence-corrected chi connectivity index (χ0v) is 15.5. The van der Waals surface area contributed by atoms with E-state index >= 15 is 0 Å². The first-order valence-corrected chi connectivity index (χ1v) is 9.38. The van der Waals surface area contributed by atoms with Gasteiger partial charge in [0.1, 0.15) is 22.2 Å². The van der Waals surface area contributed by atoms with Gasteiger partial charge >= 0.3 is 0 Å². The van der Waals surface area contributed by atoms with Crippen LogP contribution in [-0.2, 0) is 0 Å². The lowest BCUT2D eigenvalue weighted by Gasteiger charge is -2.12. The van der Waals surface area contributed by atoms with Gasteiger partial charge in [0, 0.05) is 4.88 Å². The molecule has 26 heavy (non-hydrogen) atoms. The number of thiophene rings is 1. The van der Waals surface area contributed by atoms with Gasteiger partial charge in [0.05, 0.1) is 17.7 Å². The topological polar surface area (TPSA) is 47.0 Å². The molecule has 0 saturated carbocycles. The highest BCUT2D eigenvalue weighted by atomic mass is 32.1. The first-order chi connectivity index (χ1) is 12.7. The number of aromatic nitrogens is 2. The van der Waals surface area contributed by atoms with Gasteiger partial charge in [-0.2, -0.15) is 0 Å². The number of ether oxygens (including phenoxy) is 1. The van der Waals surface area contributed by atoms with E-state index in [2.05, 4.69) is 33.5 Å². The number of hydrogen-bond acceptors (Lipinski definition) is 5. The van der Waals surface area contributed by atoms with Crippen molar-refractivity contribution in [2.45, 2.75) is 13.8 Å². The summed E-state index contributed by atoms with van der Waals surface area (Å²) in [6.07, 6.45) is 0. The number of anilines is 2. The number of rotatable bonds is 5. The van der Waals surface area contributed by atoms with Gasteiger partial charge in [-0.15, -0.1) is 11.3 Å². The second kappa shape index (κ2) is 7.14. The minimum absolute atomic E-state index is 0.619. The summed E-state index contributed by atoms with van der Waals surface area (Å²) in [5.74, 6) is 2.37. The average Bonchev–Trinajstić information content (AvgIpc) is 3.08. The Hall–Kier alpha value is -2.92. The fraction of sp³-hybridized carbons (Fsp3) is 0.143. The van der Waals surface area contributed by atoms with Crippen LogP contribution in [0.15, 0.2) is 60.7 Å². The molecule has 130 valence electrons. The molecule has 4 rings (SSSR count). The molecule has 1 N–H and O–H groups in total. The van der Waals surface area contributed by atoms with Crippen molar-refractivity contribution in [3.05, 3.63) is 66.5 Å². The van der Waals surface area contributed by atoms with Crippen molar-refractivity contribution in [1.82, 2.24) is 9.97 Å². The van der Waals surface area contributed by atoms with Crippen molar-refractivity contribution < 1.29 is 4.74 Å². The van der Waals surface area contributed by atoms with E-state index in [0.717, 1.165) is 33.3 Å². The van der Waals surface area contributed by atoms with Crippen LogP contribution < -0.4 is 10.1 Å². The summed E-state index contributed by atoms with van der Waals surface area (Å²) in [7, 11) is 0. The largest absolute Gasteiger partial charge is 0.492 e. The highest BCUT2D eigenvalue weighted by molar-refractivity contribution is 7.21. The maximum atomic E-state index is 5.72. The third kappa shape index (κ3) is 3.26. The first kappa shape index (κ1) is 16.5. The summed E-state index contributed by atoms with van der Waals surface area (Å²) in [6.45, 7) is 4.52. The molecular weight excluding hydrogens is 342 g/mol. The SMILES string of the molecule is CCOc1ccccc1Nc1nc(C)nc2sc(-c3ccccc3)cc12. The monoisotopic (exact) mass is 361 g/mol. The molecule has 2 aromatic carbocycles. The fourth-order valence-electron chi connectivity index (χ4n) is 2.85. The number of para-hydroxylation sites is 2. The van der Waals surface area contributed by atoms with Gasteiger partial charge < -0.3 is 10.1 Å². The third-order valence-electron chi connectivity index (χ3n) is 4.00. The van der Waals surface area contributed by atoms with Crippen LogP contribution in [-0.4, -0.2) is 16.6 Å². The van der Waals surface area contributed by atoms with E-state index in [1.807, 2.05) is 56.3 Å². The standard InChI is InChI=1S/C21H19N3OS/c1-3-25-18-12-8-7-11-17(18)24-20-16-13-19(15-9-5-4-6-10-15)26-21(16)23-14(2)22-20/h4-13H,3H2,1-2H3,(H,22,23,24). The van der Waals surface area contributed by atoms with Crippen LogP contribution in [0.1, 0.15) is 12.7 Å². The van der Waals surface area contributed by atoms with Gasteiger partial charge in [-0.1, -0.05) is 42.5 Å². The van der Waals surface area contributed by atoms with E-state index in [4.69, 9.17) is 4.74 Å². The molecule has 4 nitrogen and oxygen atoms in total. The quantitative estimate of drug-likeness (QED) is 0.487. The molecule has 0 radical (unpaired) electrons. The average molecular weight is 361 g/mol. The Kier molecular flexibility index (Phi) is 4.54. The zero-order valence-electron chi connectivity index (χ0n) is 14.7. The Bertz CT molecular complexity index is 1040. The van der Waals surface area contributed by atoms with Crippen molar-refractivity contribution in [3.8, 4) is 16.2 Å². The van der Waals surface area contributed by atoms with E-state index in [1.54, 1.807) is 11.3 Å². The number of nitrogens with one attached hydrogen (secondary N) is 1. The lowest BCUT2D eigenvalue weighted by atomic mass is 10.2. The maximum Gasteiger partial charge on any atom is 0.143 e. The molecule has 2 aromatic heterocycles. The Labute approximate surface area is 156 Å². The lowest BCUT2D eigenvalue weighted by molar-refractivity contribution is 0.342. The van der Waals surface area contributed by atoms with Crippen molar-refractivity contribution in [3.63, 3.8) is 0 Å². The molecule has 5 heteroatoms. The van der Waals surface area contributed by atoms with E-state index in [1.165, 1.54) is 10.4 Å². The van der Waals surface area contributed by atoms with Crippen LogP contribution in [0.4, 0.5) is 11.5 Å². The highest BCUT2D eigenvalue weighted by Crippen LogP contribution is 2.37. The van der Waals surface area contributed by atoms with Gasteiger partial charge in [-0.05, 0) is 37.6 Å². The Morgan fingerprint density at radius 3 is 2.58 bits per heavy atom. The Morgan fingerprint density at radius 1 is 1.00 bits per heavy atom. The fourth-order valence-corrected chi connectivity index (χ4v) is 3.93. The summed E-state index contributed by atoms with van der Waals surface area (Å²) < 4.78 is 5.72. The molecule has 0 unspecified atom stereocenters. The summed E-state index contributed by atoms with van der Waals surface area (Å²) in [6, 6.07) is 20.4. The number of benzene rings is 2. The molecule has 0 spiro atoms. The molecule has 2 heterocycles. The van der Waals surface area contributed by atoms with Crippen LogP contribution in [0, 0.1) is 6.92 Å². The van der Waals surface area contributed by atoms with Gasteiger partial charge in [-0.25, -0.2) is 9.97 Å². The number of nitrogens with zero attached hydrogens (tertiary/aromatic N) is 2. The van der Waals surface area contributed by atoms with Gasteiger partial charge in [0.2, 0.25) is 0 Å². The van der Waals surface area contributed by atoms with E-state index in [0.29, 0.717) is 6.61 Å². The third-order valence-corrected chi connectivity index (χ3v) is 5.08. The van der Waals surface area contributed by atoms with Crippen molar-refractivity contribution in [2.75, 3.05) is 11.9 Å². The molecule has 0 bridgehead atoms. The molecule has 0 aliphatic carbocycles. The van der Waals surface area contributed by atoms with Crippen LogP contribution in [0.25, 0.3) is 20.7 Å². The minimum atomic E-state index is 0.619. The summed E-state index contributed by atoms with van der Waals surface area (Å²) >= 11 is 1.68. The molecule has 0 saturated heterocycles.